The van der Waals surface area contributed by atoms with Gasteiger partial charge in [-0.05, 0) is 30.2 Å². The average Bonchev–Trinajstić information content (AvgIpc) is 2.80. The molecule has 1 aromatic carbocycles. The molecule has 96 valence electrons. The highest BCUT2D eigenvalue weighted by Crippen LogP contribution is 2.32. The molecule has 1 N–H and O–H groups in total. The van der Waals surface area contributed by atoms with Gasteiger partial charge in [-0.25, -0.2) is 4.98 Å². The maximum atomic E-state index is 12.5. The summed E-state index contributed by atoms with van der Waals surface area (Å²) in [5, 5.41) is 11.7. The molecule has 2 nitrogen and oxygen atoms in total. The largest absolute Gasteiger partial charge is 0.416 e. The van der Waals surface area contributed by atoms with Gasteiger partial charge in [0.1, 0.15) is 6.10 Å². The second-order valence-electron chi connectivity index (χ2n) is 3.88. The number of aliphatic hydroxyl groups is 1. The molecule has 0 radical (unpaired) electrons. The zero-order valence-electron chi connectivity index (χ0n) is 9.40. The number of benzene rings is 1. The van der Waals surface area contributed by atoms with Crippen molar-refractivity contribution in [1.82, 2.24) is 4.98 Å². The third-order valence-electron chi connectivity index (χ3n) is 2.62. The van der Waals surface area contributed by atoms with Crippen LogP contribution in [0.4, 0.5) is 13.2 Å². The predicted molar refractivity (Wildman–Crippen MR) is 62.4 cm³/mol. The molecule has 0 spiro atoms. The van der Waals surface area contributed by atoms with Crippen LogP contribution in [0.15, 0.2) is 29.1 Å². The first-order valence-corrected chi connectivity index (χ1v) is 6.08. The summed E-state index contributed by atoms with van der Waals surface area (Å²) in [6.07, 6.45) is -5.35. The van der Waals surface area contributed by atoms with E-state index in [0.717, 1.165) is 12.1 Å². The number of hydrogen-bond donors (Lipinski definition) is 1. The summed E-state index contributed by atoms with van der Waals surface area (Å²) in [5.74, 6) is 0. The van der Waals surface area contributed by atoms with Crippen molar-refractivity contribution >= 4 is 11.3 Å². The Hall–Kier alpha value is -1.40. The highest BCUT2D eigenvalue weighted by molar-refractivity contribution is 7.07. The van der Waals surface area contributed by atoms with E-state index in [-0.39, 0.29) is 0 Å². The predicted octanol–water partition coefficient (Wildman–Crippen LogP) is 3.55. The molecule has 0 bridgehead atoms. The first-order valence-electron chi connectivity index (χ1n) is 5.13. The SMILES string of the molecule is Cc1cc(C(F)(F)F)ccc1C(O)c1cscn1. The van der Waals surface area contributed by atoms with Crippen molar-refractivity contribution in [2.75, 3.05) is 0 Å². The summed E-state index contributed by atoms with van der Waals surface area (Å²) < 4.78 is 37.5. The first kappa shape index (κ1) is 13.0. The van der Waals surface area contributed by atoms with Crippen molar-refractivity contribution in [3.05, 3.63) is 51.5 Å². The monoisotopic (exact) mass is 273 g/mol. The minimum atomic E-state index is -4.37. The Labute approximate surface area is 106 Å². The molecule has 1 aromatic heterocycles. The Morgan fingerprint density at radius 1 is 1.33 bits per heavy atom. The molecular formula is C12H10F3NOS. The highest BCUT2D eigenvalue weighted by atomic mass is 32.1. The molecule has 1 unspecified atom stereocenters. The van der Waals surface area contributed by atoms with E-state index < -0.39 is 17.8 Å². The average molecular weight is 273 g/mol. The minimum absolute atomic E-state index is 0.394. The number of aromatic nitrogens is 1. The molecule has 0 aliphatic rings. The van der Waals surface area contributed by atoms with Crippen LogP contribution in [0, 0.1) is 6.92 Å². The number of aliphatic hydroxyl groups excluding tert-OH is 1. The van der Waals surface area contributed by atoms with Gasteiger partial charge in [-0.1, -0.05) is 6.07 Å². The number of thiazole rings is 1. The van der Waals surface area contributed by atoms with Crippen LogP contribution in [0.5, 0.6) is 0 Å². The van der Waals surface area contributed by atoms with Crippen molar-refractivity contribution in [1.29, 1.82) is 0 Å². The van der Waals surface area contributed by atoms with E-state index >= 15 is 0 Å². The van der Waals surface area contributed by atoms with Crippen molar-refractivity contribution < 1.29 is 18.3 Å². The maximum Gasteiger partial charge on any atom is 0.416 e. The highest BCUT2D eigenvalue weighted by Gasteiger charge is 2.31. The fourth-order valence-electron chi connectivity index (χ4n) is 1.68. The smallest absolute Gasteiger partial charge is 0.382 e. The normalized spacial score (nSPS) is 13.6. The van der Waals surface area contributed by atoms with Crippen molar-refractivity contribution in [3.8, 4) is 0 Å². The van der Waals surface area contributed by atoms with Gasteiger partial charge in [0.15, 0.2) is 0 Å². The molecule has 1 atom stereocenters. The number of hydrogen-bond acceptors (Lipinski definition) is 3. The summed E-state index contributed by atoms with van der Waals surface area (Å²) in [4.78, 5) is 3.95. The van der Waals surface area contributed by atoms with Crippen LogP contribution in [0.3, 0.4) is 0 Å². The van der Waals surface area contributed by atoms with Crippen molar-refractivity contribution in [2.24, 2.45) is 0 Å². The van der Waals surface area contributed by atoms with Crippen LogP contribution < -0.4 is 0 Å². The van der Waals surface area contributed by atoms with E-state index in [1.165, 1.54) is 17.4 Å². The van der Waals surface area contributed by atoms with Crippen LogP contribution in [0.25, 0.3) is 0 Å². The lowest BCUT2D eigenvalue weighted by atomic mass is 9.99. The lowest BCUT2D eigenvalue weighted by Gasteiger charge is -2.14. The molecule has 2 rings (SSSR count). The second kappa shape index (κ2) is 4.70. The lowest BCUT2D eigenvalue weighted by molar-refractivity contribution is -0.137. The van der Waals surface area contributed by atoms with Gasteiger partial charge in [-0.3, -0.25) is 0 Å². The Balaban J connectivity index is 2.36. The summed E-state index contributed by atoms with van der Waals surface area (Å²) in [7, 11) is 0. The van der Waals surface area contributed by atoms with Crippen LogP contribution >= 0.6 is 11.3 Å². The van der Waals surface area contributed by atoms with E-state index in [1.807, 2.05) is 0 Å². The summed E-state index contributed by atoms with van der Waals surface area (Å²) in [6.45, 7) is 1.54. The molecule has 0 fully saturated rings. The van der Waals surface area contributed by atoms with Crippen molar-refractivity contribution in [2.45, 2.75) is 19.2 Å². The molecule has 0 saturated carbocycles. The van der Waals surface area contributed by atoms with Gasteiger partial charge in [0.2, 0.25) is 0 Å². The Bertz CT molecular complexity index is 537. The number of alkyl halides is 3. The van der Waals surface area contributed by atoms with Gasteiger partial charge in [0.05, 0.1) is 16.8 Å². The minimum Gasteiger partial charge on any atom is -0.382 e. The second-order valence-corrected chi connectivity index (χ2v) is 4.60. The van der Waals surface area contributed by atoms with Gasteiger partial charge >= 0.3 is 6.18 Å². The molecule has 0 saturated heterocycles. The fourth-order valence-corrected chi connectivity index (χ4v) is 2.25. The maximum absolute atomic E-state index is 12.5. The van der Waals surface area contributed by atoms with E-state index in [1.54, 1.807) is 17.8 Å². The van der Waals surface area contributed by atoms with Crippen LogP contribution in [-0.4, -0.2) is 10.1 Å². The topological polar surface area (TPSA) is 33.1 Å². The van der Waals surface area contributed by atoms with E-state index in [4.69, 9.17) is 0 Å². The standard InChI is InChI=1S/C12H10F3NOS/c1-7-4-8(12(13,14)15)2-3-9(7)11(17)10-5-18-6-16-10/h2-6,11,17H,1H3. The zero-order valence-corrected chi connectivity index (χ0v) is 10.2. The third-order valence-corrected chi connectivity index (χ3v) is 3.23. The first-order chi connectivity index (χ1) is 8.39. The van der Waals surface area contributed by atoms with E-state index in [2.05, 4.69) is 4.98 Å². The molecule has 0 aliphatic carbocycles. The van der Waals surface area contributed by atoms with Gasteiger partial charge < -0.3 is 5.11 Å². The van der Waals surface area contributed by atoms with Crippen molar-refractivity contribution in [3.63, 3.8) is 0 Å². The number of halogens is 3. The Morgan fingerprint density at radius 3 is 2.56 bits per heavy atom. The summed E-state index contributed by atoms with van der Waals surface area (Å²) >= 11 is 1.32. The van der Waals surface area contributed by atoms with Crippen LogP contribution in [-0.2, 0) is 6.18 Å². The van der Waals surface area contributed by atoms with Gasteiger partial charge in [0, 0.05) is 5.38 Å². The lowest BCUT2D eigenvalue weighted by Crippen LogP contribution is -2.08. The van der Waals surface area contributed by atoms with Gasteiger partial charge in [-0.15, -0.1) is 11.3 Å². The molecule has 1 heterocycles. The molecule has 6 heteroatoms. The molecule has 0 aliphatic heterocycles. The Morgan fingerprint density at radius 2 is 2.06 bits per heavy atom. The Kier molecular flexibility index (Phi) is 3.41. The van der Waals surface area contributed by atoms with Crippen LogP contribution in [0.1, 0.15) is 28.5 Å². The summed E-state index contributed by atoms with van der Waals surface area (Å²) in [5.41, 5.74) is 2.13. The number of nitrogens with zero attached hydrogens (tertiary/aromatic N) is 1. The van der Waals surface area contributed by atoms with E-state index in [9.17, 15) is 18.3 Å². The number of rotatable bonds is 2. The number of aryl methyl sites for hydroxylation is 1. The third kappa shape index (κ3) is 2.54. The fraction of sp³-hybridized carbons (Fsp3) is 0.250. The molecular weight excluding hydrogens is 263 g/mol. The van der Waals surface area contributed by atoms with Gasteiger partial charge in [-0.2, -0.15) is 13.2 Å². The quantitative estimate of drug-likeness (QED) is 0.907. The molecule has 0 amide bonds. The van der Waals surface area contributed by atoms with Gasteiger partial charge in [0.25, 0.3) is 0 Å². The summed E-state index contributed by atoms with van der Waals surface area (Å²) in [6, 6.07) is 3.30. The van der Waals surface area contributed by atoms with E-state index in [0.29, 0.717) is 16.8 Å². The zero-order chi connectivity index (χ0) is 13.3. The molecule has 18 heavy (non-hydrogen) atoms. The van der Waals surface area contributed by atoms with Crippen LogP contribution in [0.2, 0.25) is 0 Å². The molecule has 2 aromatic rings.